The number of carboxylic acid groups (broad SMARTS) is 3. The Morgan fingerprint density at radius 2 is 1.43 bits per heavy atom. The molecule has 3 N–H and O–H groups in total. The highest BCUT2D eigenvalue weighted by molar-refractivity contribution is 7.07. The van der Waals surface area contributed by atoms with Crippen LogP contribution in [0.4, 0.5) is 39.5 Å². The van der Waals surface area contributed by atoms with E-state index < -0.39 is 36.4 Å². The number of aromatic nitrogens is 1. The number of likely N-dealkylation sites (tertiary alicyclic amines) is 1. The van der Waals surface area contributed by atoms with Gasteiger partial charge in [-0.15, -0.1) is 0 Å². The molecule has 260 valence electrons. The molecule has 1 atom stereocenters. The normalized spacial score (nSPS) is 17.9. The number of rotatable bonds is 5. The van der Waals surface area contributed by atoms with E-state index in [0.29, 0.717) is 6.04 Å². The molecule has 2 fully saturated rings. The van der Waals surface area contributed by atoms with E-state index in [1.165, 1.54) is 5.56 Å². The number of carboxylic acids is 3. The minimum absolute atomic E-state index is 0.105. The molecule has 2 aliphatic heterocycles. The highest BCUT2D eigenvalue weighted by atomic mass is 32.1. The van der Waals surface area contributed by atoms with Gasteiger partial charge < -0.3 is 20.1 Å². The van der Waals surface area contributed by atoms with Crippen LogP contribution in [0, 0.1) is 0 Å². The van der Waals surface area contributed by atoms with Gasteiger partial charge >= 0.3 is 36.4 Å². The van der Waals surface area contributed by atoms with Gasteiger partial charge in [0.15, 0.2) is 0 Å². The molecular weight excluding hydrogens is 669 g/mol. The Balaban J connectivity index is 0.000000413. The van der Waals surface area contributed by atoms with E-state index in [-0.39, 0.29) is 5.60 Å². The fourth-order valence-electron chi connectivity index (χ4n) is 4.09. The van der Waals surface area contributed by atoms with Crippen molar-refractivity contribution in [1.29, 1.82) is 0 Å². The third-order valence-electron chi connectivity index (χ3n) is 6.43. The molecule has 0 radical (unpaired) electrons. The molecule has 1 spiro atoms. The van der Waals surface area contributed by atoms with Gasteiger partial charge in [-0.05, 0) is 60.8 Å². The van der Waals surface area contributed by atoms with Crippen molar-refractivity contribution in [3.63, 3.8) is 0 Å². The number of thiophene rings is 1. The average Bonchev–Trinajstić information content (AvgIpc) is 3.61. The van der Waals surface area contributed by atoms with Crippen molar-refractivity contribution in [1.82, 2.24) is 14.8 Å². The molecule has 20 heteroatoms. The number of halogens is 9. The monoisotopic (exact) mass is 699 g/mol. The Morgan fingerprint density at radius 1 is 0.935 bits per heavy atom. The number of hydrogen-bond acceptors (Lipinski definition) is 8. The SMILES string of the molecule is CN(Cc1ccccn1)C1COC2(CCN(Cc3ccsc3)CC2)C1.O=C(O)C(F)(F)F.O=C(O)C(F)(F)F.O=C(O)C(F)(F)F. The van der Waals surface area contributed by atoms with Gasteiger partial charge in [-0.3, -0.25) is 14.8 Å². The first-order valence-corrected chi connectivity index (χ1v) is 13.9. The van der Waals surface area contributed by atoms with Crippen molar-refractivity contribution < 1.29 is 74.0 Å². The summed E-state index contributed by atoms with van der Waals surface area (Å²) >= 11 is 1.79. The van der Waals surface area contributed by atoms with Crippen molar-refractivity contribution >= 4 is 29.2 Å². The van der Waals surface area contributed by atoms with Gasteiger partial charge in [0.05, 0.1) is 17.9 Å². The second-order valence-corrected chi connectivity index (χ2v) is 10.7. The summed E-state index contributed by atoms with van der Waals surface area (Å²) in [5, 5.41) is 25.8. The van der Waals surface area contributed by atoms with Crippen LogP contribution in [0.25, 0.3) is 0 Å². The van der Waals surface area contributed by atoms with E-state index >= 15 is 0 Å². The van der Waals surface area contributed by atoms with E-state index in [9.17, 15) is 39.5 Å². The number of pyridine rings is 1. The summed E-state index contributed by atoms with van der Waals surface area (Å²) in [6.45, 7) is 5.13. The maximum absolute atomic E-state index is 10.6. The number of hydrogen-bond donors (Lipinski definition) is 3. The van der Waals surface area contributed by atoms with Crippen LogP contribution < -0.4 is 0 Å². The number of ether oxygens (including phenoxy) is 1. The zero-order valence-corrected chi connectivity index (χ0v) is 24.7. The summed E-state index contributed by atoms with van der Waals surface area (Å²) in [7, 11) is 2.20. The van der Waals surface area contributed by atoms with Crippen LogP contribution in [0.5, 0.6) is 0 Å². The molecule has 2 aromatic heterocycles. The van der Waals surface area contributed by atoms with Gasteiger partial charge in [0.25, 0.3) is 0 Å². The summed E-state index contributed by atoms with van der Waals surface area (Å²) in [4.78, 5) is 36.1. The number of carbonyl (C=O) groups is 3. The Morgan fingerprint density at radius 3 is 1.83 bits per heavy atom. The second-order valence-electron chi connectivity index (χ2n) is 9.90. The van der Waals surface area contributed by atoms with E-state index in [4.69, 9.17) is 34.4 Å². The van der Waals surface area contributed by atoms with Crippen LogP contribution in [-0.2, 0) is 32.2 Å². The zero-order valence-electron chi connectivity index (χ0n) is 23.9. The third-order valence-corrected chi connectivity index (χ3v) is 7.16. The Hall–Kier alpha value is -3.49. The Labute approximate surface area is 260 Å². The Bertz CT molecular complexity index is 1160. The summed E-state index contributed by atoms with van der Waals surface area (Å²) in [6, 6.07) is 8.88. The van der Waals surface area contributed by atoms with E-state index in [0.717, 1.165) is 57.7 Å². The first-order valence-electron chi connectivity index (χ1n) is 12.9. The zero-order chi connectivity index (χ0) is 35.3. The van der Waals surface area contributed by atoms with Crippen molar-refractivity contribution in [2.45, 2.75) is 62.5 Å². The molecule has 10 nitrogen and oxygen atoms in total. The van der Waals surface area contributed by atoms with Crippen molar-refractivity contribution in [2.24, 2.45) is 0 Å². The molecule has 0 aliphatic carbocycles. The first kappa shape index (κ1) is 40.5. The number of nitrogens with zero attached hydrogens (tertiary/aromatic N) is 3. The van der Waals surface area contributed by atoms with Crippen LogP contribution >= 0.6 is 11.3 Å². The predicted molar refractivity (Wildman–Crippen MR) is 143 cm³/mol. The highest BCUT2D eigenvalue weighted by Crippen LogP contribution is 2.38. The lowest BCUT2D eigenvalue weighted by atomic mass is 9.87. The standard InChI is InChI=1S/C20H27N3OS.3C2HF3O2/c1-22(14-18-4-2-3-8-21-18)19-12-20(24-15-19)6-9-23(10-7-20)13-17-5-11-25-16-17;3*3-2(4,5)1(6)7/h2-5,8,11,16,19H,6-7,9-10,12-15H2,1H3;3*(H,6,7). The topological polar surface area (TPSA) is 140 Å². The molecule has 0 bridgehead atoms. The molecule has 1 unspecified atom stereocenters. The molecular formula is C26H30F9N3O7S. The summed E-state index contributed by atoms with van der Waals surface area (Å²) in [5.74, 6) is -8.27. The van der Waals surface area contributed by atoms with Gasteiger partial charge in [0, 0.05) is 38.4 Å². The van der Waals surface area contributed by atoms with Crippen LogP contribution in [0.15, 0.2) is 41.2 Å². The number of aliphatic carboxylic acids is 3. The lowest BCUT2D eigenvalue weighted by molar-refractivity contribution is -0.193. The molecule has 4 heterocycles. The van der Waals surface area contributed by atoms with Crippen molar-refractivity contribution in [2.75, 3.05) is 26.7 Å². The lowest BCUT2D eigenvalue weighted by Gasteiger charge is -2.39. The maximum Gasteiger partial charge on any atom is 0.490 e. The summed E-state index contributed by atoms with van der Waals surface area (Å²) in [5.41, 5.74) is 2.69. The summed E-state index contributed by atoms with van der Waals surface area (Å²) < 4.78 is 102. The third kappa shape index (κ3) is 15.2. The van der Waals surface area contributed by atoms with Gasteiger partial charge in [-0.2, -0.15) is 50.9 Å². The van der Waals surface area contributed by atoms with Gasteiger partial charge in [-0.1, -0.05) is 6.07 Å². The first-order chi connectivity index (χ1) is 21.1. The molecule has 2 saturated heterocycles. The predicted octanol–water partition coefficient (Wildman–Crippen LogP) is 5.30. The van der Waals surface area contributed by atoms with Crippen molar-refractivity contribution in [3.8, 4) is 0 Å². The molecule has 2 aromatic rings. The maximum atomic E-state index is 10.6. The van der Waals surface area contributed by atoms with Crippen LogP contribution in [0.2, 0.25) is 0 Å². The second kappa shape index (κ2) is 17.4. The number of likely N-dealkylation sites (N-methyl/N-ethyl adjacent to an activating group) is 1. The molecule has 0 saturated carbocycles. The molecule has 0 aromatic carbocycles. The minimum Gasteiger partial charge on any atom is -0.475 e. The van der Waals surface area contributed by atoms with E-state index in [2.05, 4.69) is 50.8 Å². The van der Waals surface area contributed by atoms with Crippen LogP contribution in [-0.4, -0.2) is 105 Å². The van der Waals surface area contributed by atoms with Gasteiger partial charge in [0.2, 0.25) is 0 Å². The molecule has 0 amide bonds. The minimum atomic E-state index is -5.08. The number of alkyl halides is 9. The fraction of sp³-hybridized carbons (Fsp3) is 0.538. The summed E-state index contributed by atoms with van der Waals surface area (Å²) in [6.07, 6.45) is -9.90. The van der Waals surface area contributed by atoms with Crippen LogP contribution in [0.3, 0.4) is 0 Å². The molecule has 46 heavy (non-hydrogen) atoms. The van der Waals surface area contributed by atoms with E-state index in [1.807, 2.05) is 12.3 Å². The lowest BCUT2D eigenvalue weighted by Crippen LogP contribution is -2.44. The van der Waals surface area contributed by atoms with Gasteiger partial charge in [0.1, 0.15) is 0 Å². The number of piperidine rings is 1. The molecule has 2 aliphatic rings. The average molecular weight is 700 g/mol. The Kier molecular flexibility index (Phi) is 15.4. The van der Waals surface area contributed by atoms with Crippen LogP contribution in [0.1, 0.15) is 30.5 Å². The van der Waals surface area contributed by atoms with Gasteiger partial charge in [-0.25, -0.2) is 14.4 Å². The van der Waals surface area contributed by atoms with Crippen molar-refractivity contribution in [3.05, 3.63) is 52.5 Å². The quantitative estimate of drug-likeness (QED) is 0.353. The van der Waals surface area contributed by atoms with E-state index in [1.54, 1.807) is 11.3 Å². The molecule has 4 rings (SSSR count). The smallest absolute Gasteiger partial charge is 0.475 e. The fourth-order valence-corrected chi connectivity index (χ4v) is 4.75. The highest BCUT2D eigenvalue weighted by Gasteiger charge is 2.44. The largest absolute Gasteiger partial charge is 0.490 e.